The third-order valence-corrected chi connectivity index (χ3v) is 3.77. The average molecular weight is 304 g/mol. The largest absolute Gasteiger partial charge is 0.383 e. The molecule has 2 N–H and O–H groups in total. The van der Waals surface area contributed by atoms with Gasteiger partial charge in [-0.15, -0.1) is 0 Å². The number of amides is 1. The van der Waals surface area contributed by atoms with Crippen molar-refractivity contribution in [2.45, 2.75) is 18.9 Å². The van der Waals surface area contributed by atoms with Crippen molar-refractivity contribution in [2.24, 2.45) is 0 Å². The van der Waals surface area contributed by atoms with Crippen LogP contribution in [0.4, 0.5) is 5.69 Å². The maximum atomic E-state index is 11.0. The minimum absolute atomic E-state index is 0.143. The maximum absolute atomic E-state index is 11.0. The van der Waals surface area contributed by atoms with Crippen molar-refractivity contribution in [3.63, 3.8) is 0 Å². The Morgan fingerprint density at radius 2 is 2.38 bits per heavy atom. The number of halogens is 2. The van der Waals surface area contributed by atoms with Crippen LogP contribution >= 0.6 is 27.5 Å². The second-order valence-electron chi connectivity index (χ2n) is 3.81. The lowest BCUT2D eigenvalue weighted by Crippen LogP contribution is -2.31. The quantitative estimate of drug-likeness (QED) is 0.901. The fourth-order valence-electron chi connectivity index (χ4n) is 1.68. The van der Waals surface area contributed by atoms with Crippen LogP contribution in [0.1, 0.15) is 12.8 Å². The first-order valence-electron chi connectivity index (χ1n) is 5.13. The minimum Gasteiger partial charge on any atom is -0.383 e. The van der Waals surface area contributed by atoms with Crippen molar-refractivity contribution in [2.75, 3.05) is 11.9 Å². The molecule has 1 amide bonds. The van der Waals surface area contributed by atoms with Gasteiger partial charge in [-0.25, -0.2) is 0 Å². The van der Waals surface area contributed by atoms with Crippen molar-refractivity contribution < 1.29 is 4.79 Å². The Hall–Kier alpha value is -0.740. The second kappa shape index (κ2) is 5.06. The third kappa shape index (κ3) is 2.89. The molecule has 0 spiro atoms. The Morgan fingerprint density at radius 3 is 3.00 bits per heavy atom. The van der Waals surface area contributed by atoms with E-state index in [1.807, 2.05) is 18.2 Å². The Balaban J connectivity index is 1.89. The topological polar surface area (TPSA) is 41.1 Å². The van der Waals surface area contributed by atoms with E-state index in [0.717, 1.165) is 23.1 Å². The highest BCUT2D eigenvalue weighted by Crippen LogP contribution is 2.25. The van der Waals surface area contributed by atoms with Crippen LogP contribution in [0.5, 0.6) is 0 Å². The molecular weight excluding hydrogens is 291 g/mol. The van der Waals surface area contributed by atoms with Gasteiger partial charge >= 0.3 is 0 Å². The highest BCUT2D eigenvalue weighted by atomic mass is 79.9. The molecule has 0 radical (unpaired) electrons. The van der Waals surface area contributed by atoms with E-state index in [2.05, 4.69) is 26.6 Å². The van der Waals surface area contributed by atoms with Gasteiger partial charge in [0.05, 0.1) is 5.02 Å². The molecule has 16 heavy (non-hydrogen) atoms. The zero-order chi connectivity index (χ0) is 11.5. The van der Waals surface area contributed by atoms with Gasteiger partial charge in [0.1, 0.15) is 0 Å². The summed E-state index contributed by atoms with van der Waals surface area (Å²) in [6.07, 6.45) is 1.54. The van der Waals surface area contributed by atoms with E-state index in [1.54, 1.807) is 0 Å². The average Bonchev–Trinajstić information content (AvgIpc) is 2.66. The van der Waals surface area contributed by atoms with Gasteiger partial charge in [-0.05, 0) is 40.5 Å². The highest BCUT2D eigenvalue weighted by molar-refractivity contribution is 9.10. The number of rotatable bonds is 3. The van der Waals surface area contributed by atoms with E-state index in [9.17, 15) is 4.79 Å². The molecule has 0 aliphatic carbocycles. The van der Waals surface area contributed by atoms with Gasteiger partial charge in [0, 0.05) is 29.2 Å². The molecule has 1 heterocycles. The molecule has 1 aliphatic heterocycles. The molecule has 1 unspecified atom stereocenters. The number of hydrogen-bond acceptors (Lipinski definition) is 2. The highest BCUT2D eigenvalue weighted by Gasteiger charge is 2.19. The molecule has 0 bridgehead atoms. The summed E-state index contributed by atoms with van der Waals surface area (Å²) in [7, 11) is 0. The first kappa shape index (κ1) is 11.7. The van der Waals surface area contributed by atoms with Gasteiger partial charge in [0.15, 0.2) is 0 Å². The molecule has 1 aliphatic rings. The Kier molecular flexibility index (Phi) is 3.71. The second-order valence-corrected chi connectivity index (χ2v) is 5.07. The van der Waals surface area contributed by atoms with Crippen molar-refractivity contribution in [1.82, 2.24) is 5.32 Å². The number of anilines is 1. The van der Waals surface area contributed by atoms with Crippen LogP contribution in [0.2, 0.25) is 5.02 Å². The van der Waals surface area contributed by atoms with Crippen LogP contribution in [-0.2, 0) is 4.79 Å². The first-order chi connectivity index (χ1) is 7.65. The molecule has 3 nitrogen and oxygen atoms in total. The number of benzene rings is 1. The van der Waals surface area contributed by atoms with Crippen LogP contribution in [0.3, 0.4) is 0 Å². The summed E-state index contributed by atoms with van der Waals surface area (Å²) in [5.41, 5.74) is 0.998. The van der Waals surface area contributed by atoms with Gasteiger partial charge in [0.2, 0.25) is 5.91 Å². The van der Waals surface area contributed by atoms with E-state index in [1.165, 1.54) is 0 Å². The summed E-state index contributed by atoms with van der Waals surface area (Å²) in [6.45, 7) is 0.750. The molecule has 1 aromatic rings. The lowest BCUT2D eigenvalue weighted by Gasteiger charge is -2.12. The SMILES string of the molecule is O=C1CCC(CNc2ccc(Cl)c(Br)c2)N1. The monoisotopic (exact) mass is 302 g/mol. The van der Waals surface area contributed by atoms with E-state index in [0.29, 0.717) is 11.4 Å². The molecule has 5 heteroatoms. The number of nitrogens with one attached hydrogen (secondary N) is 2. The standard InChI is InChI=1S/C11H12BrClN2O/c12-9-5-7(1-3-10(9)13)14-6-8-2-4-11(16)15-8/h1,3,5,8,14H,2,4,6H2,(H,15,16). The molecule has 86 valence electrons. The minimum atomic E-state index is 0.143. The normalized spacial score (nSPS) is 19.6. The van der Waals surface area contributed by atoms with Crippen molar-refractivity contribution >= 4 is 39.1 Å². The van der Waals surface area contributed by atoms with Gasteiger partial charge in [-0.2, -0.15) is 0 Å². The van der Waals surface area contributed by atoms with Gasteiger partial charge < -0.3 is 10.6 Å². The van der Waals surface area contributed by atoms with Gasteiger partial charge in [-0.1, -0.05) is 11.6 Å². The summed E-state index contributed by atoms with van der Waals surface area (Å²) in [6, 6.07) is 5.92. The Labute approximate surface area is 108 Å². The summed E-state index contributed by atoms with van der Waals surface area (Å²) < 4.78 is 0.870. The van der Waals surface area contributed by atoms with Crippen LogP contribution < -0.4 is 10.6 Å². The van der Waals surface area contributed by atoms with Crippen LogP contribution in [0, 0.1) is 0 Å². The number of carbonyl (C=O) groups excluding carboxylic acids is 1. The van der Waals surface area contributed by atoms with Crippen LogP contribution in [0.25, 0.3) is 0 Å². The third-order valence-electron chi connectivity index (χ3n) is 2.56. The zero-order valence-corrected chi connectivity index (χ0v) is 10.9. The Morgan fingerprint density at radius 1 is 1.56 bits per heavy atom. The van der Waals surface area contributed by atoms with E-state index in [-0.39, 0.29) is 11.9 Å². The predicted molar refractivity (Wildman–Crippen MR) is 68.8 cm³/mol. The van der Waals surface area contributed by atoms with Crippen molar-refractivity contribution in [3.05, 3.63) is 27.7 Å². The number of hydrogen-bond donors (Lipinski definition) is 2. The first-order valence-corrected chi connectivity index (χ1v) is 6.30. The van der Waals surface area contributed by atoms with E-state index < -0.39 is 0 Å². The summed E-state index contributed by atoms with van der Waals surface area (Å²) >= 11 is 9.26. The smallest absolute Gasteiger partial charge is 0.220 e. The summed E-state index contributed by atoms with van der Waals surface area (Å²) in [5, 5.41) is 6.88. The van der Waals surface area contributed by atoms with Gasteiger partial charge in [0.25, 0.3) is 0 Å². The van der Waals surface area contributed by atoms with E-state index >= 15 is 0 Å². The predicted octanol–water partition coefficient (Wildman–Crippen LogP) is 2.79. The van der Waals surface area contributed by atoms with Gasteiger partial charge in [-0.3, -0.25) is 4.79 Å². The zero-order valence-electron chi connectivity index (χ0n) is 8.59. The van der Waals surface area contributed by atoms with Crippen LogP contribution in [0.15, 0.2) is 22.7 Å². The lowest BCUT2D eigenvalue weighted by atomic mass is 10.2. The molecule has 1 atom stereocenters. The molecule has 1 saturated heterocycles. The summed E-state index contributed by atoms with van der Waals surface area (Å²) in [5.74, 6) is 0.143. The molecule has 2 rings (SSSR count). The van der Waals surface area contributed by atoms with E-state index in [4.69, 9.17) is 11.6 Å². The van der Waals surface area contributed by atoms with Crippen molar-refractivity contribution in [1.29, 1.82) is 0 Å². The summed E-state index contributed by atoms with van der Waals surface area (Å²) in [4.78, 5) is 11.0. The Bertz CT molecular complexity index is 411. The molecular formula is C11H12BrClN2O. The fraction of sp³-hybridized carbons (Fsp3) is 0.364. The molecule has 0 aromatic heterocycles. The molecule has 1 aromatic carbocycles. The maximum Gasteiger partial charge on any atom is 0.220 e. The lowest BCUT2D eigenvalue weighted by molar-refractivity contribution is -0.119. The number of carbonyl (C=O) groups is 1. The molecule has 1 fully saturated rings. The molecule has 0 saturated carbocycles. The van der Waals surface area contributed by atoms with Crippen LogP contribution in [-0.4, -0.2) is 18.5 Å². The fourth-order valence-corrected chi connectivity index (χ4v) is 2.17. The van der Waals surface area contributed by atoms with Crippen molar-refractivity contribution in [3.8, 4) is 0 Å².